The van der Waals surface area contributed by atoms with Gasteiger partial charge in [-0.1, -0.05) is 64.9 Å². The summed E-state index contributed by atoms with van der Waals surface area (Å²) in [7, 11) is 0. The molecule has 1 aromatic heterocycles. The Hall–Kier alpha value is -3.85. The lowest BCUT2D eigenvalue weighted by Gasteiger charge is -2.26. The highest BCUT2D eigenvalue weighted by Gasteiger charge is 2.35. The van der Waals surface area contributed by atoms with Crippen molar-refractivity contribution in [3.63, 3.8) is 0 Å². The van der Waals surface area contributed by atoms with Crippen LogP contribution in [-0.4, -0.2) is 23.2 Å². The Morgan fingerprint density at radius 3 is 2.49 bits per heavy atom. The van der Waals surface area contributed by atoms with E-state index < -0.39 is 12.0 Å². The van der Waals surface area contributed by atoms with E-state index in [-0.39, 0.29) is 23.8 Å². The molecule has 4 aromatic rings. The molecule has 0 fully saturated rings. The van der Waals surface area contributed by atoms with Crippen molar-refractivity contribution < 1.29 is 19.0 Å². The minimum Gasteiger partial charge on any atom is -0.491 e. The molecule has 3 aromatic carbocycles. The molecule has 0 unspecified atom stereocenters. The van der Waals surface area contributed by atoms with Gasteiger partial charge in [0, 0.05) is 21.2 Å². The molecule has 0 saturated heterocycles. The van der Waals surface area contributed by atoms with E-state index in [1.165, 1.54) is 15.9 Å². The average Bonchev–Trinajstić information content (AvgIpc) is 3.27. The molecule has 0 aliphatic carbocycles. The average molecular weight is 638 g/mol. The molecule has 0 spiro atoms. The maximum absolute atomic E-state index is 14.2. The van der Waals surface area contributed by atoms with Crippen molar-refractivity contribution in [2.24, 2.45) is 4.99 Å². The van der Waals surface area contributed by atoms with Gasteiger partial charge in [0.05, 0.1) is 28.5 Å². The molecule has 5 rings (SSSR count). The maximum atomic E-state index is 14.2. The Morgan fingerprint density at radius 1 is 1.05 bits per heavy atom. The summed E-state index contributed by atoms with van der Waals surface area (Å²) in [6.45, 7) is 7.83. The number of aromatic nitrogens is 1. The van der Waals surface area contributed by atoms with Gasteiger partial charge in [-0.3, -0.25) is 9.36 Å². The Balaban J connectivity index is 1.64. The van der Waals surface area contributed by atoms with Crippen molar-refractivity contribution in [3.8, 4) is 11.5 Å². The first-order chi connectivity index (χ1) is 20.7. The zero-order valence-corrected chi connectivity index (χ0v) is 26.4. The van der Waals surface area contributed by atoms with Gasteiger partial charge < -0.3 is 14.2 Å². The molecule has 43 heavy (non-hydrogen) atoms. The summed E-state index contributed by atoms with van der Waals surface area (Å²) in [4.78, 5) is 32.6. The fourth-order valence-electron chi connectivity index (χ4n) is 4.80. The van der Waals surface area contributed by atoms with Crippen LogP contribution in [0.3, 0.4) is 0 Å². The summed E-state index contributed by atoms with van der Waals surface area (Å²) in [5.41, 5.74) is 2.68. The number of nitrogens with zero attached hydrogens (tertiary/aromatic N) is 2. The second kappa shape index (κ2) is 13.2. The fraction of sp³-hybridized carbons (Fsp3) is 0.242. The lowest BCUT2D eigenvalue weighted by Crippen LogP contribution is -2.40. The standard InChI is InChI=1S/C33H30Cl2N2O5S/c1-5-40-32(39)29-20(4)36-33-37(30(29)25-8-6-7-9-27(25)42-19(2)3)31(38)28(43-33)17-22-16-24(35)14-15-26(22)41-18-21-10-12-23(34)13-11-21/h6-17,19,30H,5,18H2,1-4H3/b28-17-/t30-/m1/s1. The van der Waals surface area contributed by atoms with E-state index in [1.807, 2.05) is 50.2 Å². The molecule has 7 nitrogen and oxygen atoms in total. The lowest BCUT2D eigenvalue weighted by molar-refractivity contribution is -0.139. The van der Waals surface area contributed by atoms with Crippen molar-refractivity contribution >= 4 is 46.6 Å². The van der Waals surface area contributed by atoms with Crippen molar-refractivity contribution in [1.29, 1.82) is 0 Å². The molecule has 0 bridgehead atoms. The van der Waals surface area contributed by atoms with Crippen LogP contribution in [0, 0.1) is 0 Å². The van der Waals surface area contributed by atoms with Crippen molar-refractivity contribution in [2.45, 2.75) is 46.4 Å². The van der Waals surface area contributed by atoms with Crippen LogP contribution >= 0.6 is 34.5 Å². The second-order valence-corrected chi connectivity index (χ2v) is 12.0. The number of esters is 1. The smallest absolute Gasteiger partial charge is 0.338 e. The zero-order chi connectivity index (χ0) is 30.7. The molecule has 10 heteroatoms. The SMILES string of the molecule is CCOC(=O)C1=C(C)N=c2s/c(=C\c3cc(Cl)ccc3OCc3ccc(Cl)cc3)c(=O)n2[C@@H]1c1ccccc1OC(C)C. The number of fused-ring (bicyclic) bond motifs is 1. The first-order valence-electron chi connectivity index (χ1n) is 13.8. The van der Waals surface area contributed by atoms with E-state index in [1.54, 1.807) is 50.3 Å². The normalized spacial score (nSPS) is 14.9. The Kier molecular flexibility index (Phi) is 9.40. The van der Waals surface area contributed by atoms with Crippen LogP contribution in [0.15, 0.2) is 87.8 Å². The van der Waals surface area contributed by atoms with Gasteiger partial charge in [0.2, 0.25) is 0 Å². The molecular formula is C33H30Cl2N2O5S. The molecule has 0 saturated carbocycles. The van der Waals surface area contributed by atoms with Crippen LogP contribution in [0.5, 0.6) is 11.5 Å². The molecule has 2 heterocycles. The maximum Gasteiger partial charge on any atom is 0.338 e. The number of para-hydroxylation sites is 1. The van der Waals surface area contributed by atoms with Crippen molar-refractivity contribution in [2.75, 3.05) is 6.61 Å². The topological polar surface area (TPSA) is 79.1 Å². The molecule has 0 amide bonds. The van der Waals surface area contributed by atoms with Crippen LogP contribution in [0.2, 0.25) is 10.0 Å². The summed E-state index contributed by atoms with van der Waals surface area (Å²) >= 11 is 13.6. The van der Waals surface area contributed by atoms with E-state index in [9.17, 15) is 9.59 Å². The predicted octanol–water partition coefficient (Wildman–Crippen LogP) is 6.47. The number of thiazole rings is 1. The van der Waals surface area contributed by atoms with Crippen LogP contribution in [-0.2, 0) is 16.1 Å². The Bertz CT molecular complexity index is 1880. The largest absolute Gasteiger partial charge is 0.491 e. The summed E-state index contributed by atoms with van der Waals surface area (Å²) in [5, 5.41) is 1.14. The third-order valence-electron chi connectivity index (χ3n) is 6.66. The summed E-state index contributed by atoms with van der Waals surface area (Å²) < 4.78 is 19.6. The van der Waals surface area contributed by atoms with Crippen LogP contribution in [0.25, 0.3) is 6.08 Å². The summed E-state index contributed by atoms with van der Waals surface area (Å²) in [5.74, 6) is 0.595. The van der Waals surface area contributed by atoms with Gasteiger partial charge in [-0.2, -0.15) is 0 Å². The highest BCUT2D eigenvalue weighted by Crippen LogP contribution is 2.36. The third-order valence-corrected chi connectivity index (χ3v) is 8.13. The van der Waals surface area contributed by atoms with Gasteiger partial charge in [-0.15, -0.1) is 0 Å². The number of ether oxygens (including phenoxy) is 3. The number of halogens is 2. The number of allylic oxidation sites excluding steroid dienone is 1. The first kappa shape index (κ1) is 30.6. The molecule has 222 valence electrons. The van der Waals surface area contributed by atoms with Crippen LogP contribution in [0.4, 0.5) is 0 Å². The third kappa shape index (κ3) is 6.72. The lowest BCUT2D eigenvalue weighted by atomic mass is 9.95. The van der Waals surface area contributed by atoms with E-state index >= 15 is 0 Å². The number of hydrogen-bond acceptors (Lipinski definition) is 7. The molecule has 1 aliphatic rings. The van der Waals surface area contributed by atoms with E-state index in [0.29, 0.717) is 54.3 Å². The zero-order valence-electron chi connectivity index (χ0n) is 24.1. The van der Waals surface area contributed by atoms with Gasteiger partial charge in [0.15, 0.2) is 4.80 Å². The number of benzene rings is 3. The molecule has 0 radical (unpaired) electrons. The van der Waals surface area contributed by atoms with Gasteiger partial charge in [-0.05, 0) is 75.7 Å². The molecule has 0 N–H and O–H groups in total. The first-order valence-corrected chi connectivity index (χ1v) is 15.4. The molecule has 1 aliphatic heterocycles. The van der Waals surface area contributed by atoms with E-state index in [2.05, 4.69) is 4.99 Å². The quantitative estimate of drug-likeness (QED) is 0.197. The van der Waals surface area contributed by atoms with Gasteiger partial charge in [0.25, 0.3) is 5.56 Å². The van der Waals surface area contributed by atoms with E-state index in [0.717, 1.165) is 5.56 Å². The second-order valence-electron chi connectivity index (χ2n) is 10.1. The minimum absolute atomic E-state index is 0.123. The number of carbonyl (C=O) groups excluding carboxylic acids is 1. The van der Waals surface area contributed by atoms with Gasteiger partial charge in [0.1, 0.15) is 24.1 Å². The summed E-state index contributed by atoms with van der Waals surface area (Å²) in [6, 6.07) is 19.2. The van der Waals surface area contributed by atoms with Crippen LogP contribution in [0.1, 0.15) is 50.4 Å². The highest BCUT2D eigenvalue weighted by atomic mass is 35.5. The Labute approximate surface area is 263 Å². The van der Waals surface area contributed by atoms with Crippen molar-refractivity contribution in [1.82, 2.24) is 4.57 Å². The van der Waals surface area contributed by atoms with Gasteiger partial charge >= 0.3 is 5.97 Å². The molecule has 1 atom stereocenters. The highest BCUT2D eigenvalue weighted by molar-refractivity contribution is 7.07. The van der Waals surface area contributed by atoms with Crippen LogP contribution < -0.4 is 24.4 Å². The van der Waals surface area contributed by atoms with Crippen molar-refractivity contribution in [3.05, 3.63) is 124 Å². The summed E-state index contributed by atoms with van der Waals surface area (Å²) in [6.07, 6.45) is 1.62. The monoisotopic (exact) mass is 636 g/mol. The van der Waals surface area contributed by atoms with E-state index in [4.69, 9.17) is 37.4 Å². The Morgan fingerprint density at radius 2 is 1.77 bits per heavy atom. The predicted molar refractivity (Wildman–Crippen MR) is 170 cm³/mol. The fourth-order valence-corrected chi connectivity index (χ4v) is 6.14. The molecular weight excluding hydrogens is 607 g/mol. The number of hydrogen-bond donors (Lipinski definition) is 0. The minimum atomic E-state index is -0.799. The van der Waals surface area contributed by atoms with Gasteiger partial charge in [-0.25, -0.2) is 9.79 Å². The number of carbonyl (C=O) groups is 1. The number of rotatable bonds is 9.